The molecule has 2 unspecified atom stereocenters. The molecule has 0 aromatic heterocycles. The van der Waals surface area contributed by atoms with E-state index in [1.54, 1.807) is 0 Å². The van der Waals surface area contributed by atoms with Crippen molar-refractivity contribution in [2.75, 3.05) is 0 Å². The van der Waals surface area contributed by atoms with E-state index in [9.17, 15) is 0 Å². The van der Waals surface area contributed by atoms with Crippen LogP contribution >= 0.6 is 0 Å². The molecule has 5 aliphatic carbocycles. The Kier molecular flexibility index (Phi) is 9.13. The number of nitrogens with zero attached hydrogens (tertiary/aromatic N) is 2. The van der Waals surface area contributed by atoms with E-state index in [2.05, 4.69) is 16.7 Å². The standard InChI is InChI=1S/C31H56N2/c1-25-22-30(32(26-14-6-2-7-15-26)27-16-8-3-9-17-27)24-31(23-25)33(28-18-10-4-11-19-28)29-20-12-5-13-21-29/h25-31H,2-24H2,1H3. The van der Waals surface area contributed by atoms with Crippen molar-refractivity contribution in [1.29, 1.82) is 0 Å². The highest BCUT2D eigenvalue weighted by Crippen LogP contribution is 2.41. The summed E-state index contributed by atoms with van der Waals surface area (Å²) < 4.78 is 0. The molecule has 0 aromatic rings. The molecule has 0 aromatic carbocycles. The lowest BCUT2D eigenvalue weighted by atomic mass is 9.76. The number of hydrogen-bond acceptors (Lipinski definition) is 2. The Balaban J connectivity index is 1.36. The largest absolute Gasteiger partial charge is 0.294 e. The second-order valence-electron chi connectivity index (χ2n) is 13.2. The predicted octanol–water partition coefficient (Wildman–Crippen LogP) is 8.48. The molecule has 5 saturated carbocycles. The van der Waals surface area contributed by atoms with Crippen LogP contribution in [0.5, 0.6) is 0 Å². The van der Waals surface area contributed by atoms with Gasteiger partial charge in [0.2, 0.25) is 0 Å². The zero-order valence-electron chi connectivity index (χ0n) is 22.2. The third kappa shape index (κ3) is 6.19. The van der Waals surface area contributed by atoms with Crippen LogP contribution in [0.25, 0.3) is 0 Å². The van der Waals surface area contributed by atoms with Gasteiger partial charge >= 0.3 is 0 Å². The van der Waals surface area contributed by atoms with Crippen molar-refractivity contribution in [3.05, 3.63) is 0 Å². The molecule has 0 amide bonds. The summed E-state index contributed by atoms with van der Waals surface area (Å²) in [6, 6.07) is 5.40. The molecule has 2 atom stereocenters. The van der Waals surface area contributed by atoms with Crippen LogP contribution < -0.4 is 0 Å². The summed E-state index contributed by atoms with van der Waals surface area (Å²) in [7, 11) is 0. The molecule has 190 valence electrons. The summed E-state index contributed by atoms with van der Waals surface area (Å²) >= 11 is 0. The molecule has 2 nitrogen and oxygen atoms in total. The summed E-state index contributed by atoms with van der Waals surface area (Å²) in [5.41, 5.74) is 0. The van der Waals surface area contributed by atoms with E-state index in [0.29, 0.717) is 0 Å². The van der Waals surface area contributed by atoms with Crippen LogP contribution in [-0.2, 0) is 0 Å². The highest BCUT2D eigenvalue weighted by atomic mass is 15.3. The van der Waals surface area contributed by atoms with E-state index >= 15 is 0 Å². The minimum atomic E-state index is 0.875. The summed E-state index contributed by atoms with van der Waals surface area (Å²) in [6.07, 6.45) is 34.4. The molecule has 0 radical (unpaired) electrons. The molecule has 0 bridgehead atoms. The molecule has 0 heterocycles. The van der Waals surface area contributed by atoms with Gasteiger partial charge in [-0.25, -0.2) is 0 Å². The highest BCUT2D eigenvalue weighted by molar-refractivity contribution is 4.97. The van der Waals surface area contributed by atoms with Gasteiger partial charge in [-0.1, -0.05) is 84.0 Å². The first kappa shape index (κ1) is 24.6. The van der Waals surface area contributed by atoms with Gasteiger partial charge in [0.05, 0.1) is 0 Å². The first-order valence-corrected chi connectivity index (χ1v) is 15.8. The van der Waals surface area contributed by atoms with Crippen molar-refractivity contribution in [1.82, 2.24) is 9.80 Å². The van der Waals surface area contributed by atoms with Gasteiger partial charge in [0, 0.05) is 36.3 Å². The molecule has 2 heteroatoms. The zero-order valence-corrected chi connectivity index (χ0v) is 22.2. The van der Waals surface area contributed by atoms with Gasteiger partial charge in [-0.05, 0) is 76.5 Å². The predicted molar refractivity (Wildman–Crippen MR) is 142 cm³/mol. The fourth-order valence-electron chi connectivity index (χ4n) is 9.32. The summed E-state index contributed by atoms with van der Waals surface area (Å²) in [5, 5.41) is 0. The Labute approximate surface area is 206 Å². The average Bonchev–Trinajstić information content (AvgIpc) is 2.87. The molecule has 5 fully saturated rings. The lowest BCUT2D eigenvalue weighted by molar-refractivity contribution is -0.0379. The van der Waals surface area contributed by atoms with Crippen LogP contribution in [0.4, 0.5) is 0 Å². The van der Waals surface area contributed by atoms with Crippen molar-refractivity contribution in [3.8, 4) is 0 Å². The minimum absolute atomic E-state index is 0.875. The van der Waals surface area contributed by atoms with Crippen molar-refractivity contribution in [2.45, 2.75) is 191 Å². The Bertz CT molecular complexity index is 467. The topological polar surface area (TPSA) is 6.48 Å². The van der Waals surface area contributed by atoms with Gasteiger partial charge in [-0.3, -0.25) is 9.80 Å². The molecule has 5 rings (SSSR count). The van der Waals surface area contributed by atoms with Crippen LogP contribution in [0.2, 0.25) is 0 Å². The van der Waals surface area contributed by atoms with Gasteiger partial charge in [-0.2, -0.15) is 0 Å². The fourth-order valence-corrected chi connectivity index (χ4v) is 9.32. The van der Waals surface area contributed by atoms with E-state index in [-0.39, 0.29) is 0 Å². The Morgan fingerprint density at radius 3 is 0.879 bits per heavy atom. The SMILES string of the molecule is CC1CC(N(C2CCCCC2)C2CCCCC2)CC(N(C2CCCCC2)C2CCCCC2)C1. The first-order chi connectivity index (χ1) is 16.3. The minimum Gasteiger partial charge on any atom is -0.294 e. The second kappa shape index (κ2) is 12.2. The van der Waals surface area contributed by atoms with Crippen molar-refractivity contribution < 1.29 is 0 Å². The zero-order chi connectivity index (χ0) is 22.5. The smallest absolute Gasteiger partial charge is 0.0119 e. The van der Waals surface area contributed by atoms with E-state index in [0.717, 1.165) is 42.2 Å². The third-order valence-electron chi connectivity index (χ3n) is 10.7. The first-order valence-electron chi connectivity index (χ1n) is 15.8. The van der Waals surface area contributed by atoms with Crippen LogP contribution in [0.3, 0.4) is 0 Å². The maximum atomic E-state index is 3.22. The summed E-state index contributed by atoms with van der Waals surface area (Å²) in [4.78, 5) is 6.45. The van der Waals surface area contributed by atoms with Crippen LogP contribution in [0, 0.1) is 5.92 Å². The van der Waals surface area contributed by atoms with Gasteiger partial charge in [-0.15, -0.1) is 0 Å². The number of rotatable bonds is 6. The molecular weight excluding hydrogens is 400 g/mol. The quantitative estimate of drug-likeness (QED) is 0.395. The Hall–Kier alpha value is -0.0800. The Morgan fingerprint density at radius 2 is 0.606 bits per heavy atom. The van der Waals surface area contributed by atoms with Crippen molar-refractivity contribution in [2.24, 2.45) is 5.92 Å². The highest BCUT2D eigenvalue weighted by Gasteiger charge is 2.42. The maximum absolute atomic E-state index is 3.22. The van der Waals surface area contributed by atoms with Gasteiger partial charge in [0.15, 0.2) is 0 Å². The van der Waals surface area contributed by atoms with Crippen LogP contribution in [0.15, 0.2) is 0 Å². The fraction of sp³-hybridized carbons (Fsp3) is 1.00. The molecule has 0 saturated heterocycles. The molecule has 33 heavy (non-hydrogen) atoms. The molecular formula is C31H56N2. The monoisotopic (exact) mass is 456 g/mol. The normalized spacial score (nSPS) is 34.8. The van der Waals surface area contributed by atoms with E-state index < -0.39 is 0 Å². The maximum Gasteiger partial charge on any atom is 0.0119 e. The van der Waals surface area contributed by atoms with Gasteiger partial charge in [0.1, 0.15) is 0 Å². The third-order valence-corrected chi connectivity index (χ3v) is 10.7. The Morgan fingerprint density at radius 1 is 0.333 bits per heavy atom. The van der Waals surface area contributed by atoms with E-state index in [4.69, 9.17) is 0 Å². The van der Waals surface area contributed by atoms with Crippen molar-refractivity contribution >= 4 is 0 Å². The van der Waals surface area contributed by atoms with Crippen LogP contribution in [-0.4, -0.2) is 46.1 Å². The lowest BCUT2D eigenvalue weighted by Gasteiger charge is -2.53. The molecule has 0 aliphatic heterocycles. The molecule has 0 N–H and O–H groups in total. The molecule has 5 aliphatic rings. The average molecular weight is 457 g/mol. The van der Waals surface area contributed by atoms with Gasteiger partial charge in [0.25, 0.3) is 0 Å². The van der Waals surface area contributed by atoms with Gasteiger partial charge < -0.3 is 0 Å². The molecule has 0 spiro atoms. The van der Waals surface area contributed by atoms with E-state index in [1.165, 1.54) is 148 Å². The van der Waals surface area contributed by atoms with Crippen LogP contribution in [0.1, 0.15) is 155 Å². The van der Waals surface area contributed by atoms with Crippen molar-refractivity contribution in [3.63, 3.8) is 0 Å². The summed E-state index contributed by atoms with van der Waals surface area (Å²) in [5.74, 6) is 0.915. The number of hydrogen-bond donors (Lipinski definition) is 0. The second-order valence-corrected chi connectivity index (χ2v) is 13.2. The summed E-state index contributed by atoms with van der Waals surface area (Å²) in [6.45, 7) is 2.62. The van der Waals surface area contributed by atoms with E-state index in [1.807, 2.05) is 0 Å². The lowest BCUT2D eigenvalue weighted by Crippen LogP contribution is -2.58.